The molecule has 0 N–H and O–H groups in total. The van der Waals surface area contributed by atoms with Gasteiger partial charge in [0.2, 0.25) is 0 Å². The lowest BCUT2D eigenvalue weighted by molar-refractivity contribution is -0.149. The first-order valence-corrected chi connectivity index (χ1v) is 5.94. The van der Waals surface area contributed by atoms with Crippen molar-refractivity contribution in [1.29, 1.82) is 0 Å². The Morgan fingerprint density at radius 3 is 2.13 bits per heavy atom. The number of esters is 1. The number of carbonyl (C=O) groups is 1. The molecule has 0 aliphatic heterocycles. The first-order chi connectivity index (χ1) is 6.74. The van der Waals surface area contributed by atoms with Gasteiger partial charge in [0.25, 0.3) is 0 Å². The highest BCUT2D eigenvalue weighted by Crippen LogP contribution is 2.08. The Labute approximate surface area is 97.8 Å². The van der Waals surface area contributed by atoms with E-state index in [1.807, 2.05) is 0 Å². The van der Waals surface area contributed by atoms with Crippen molar-refractivity contribution in [2.75, 3.05) is 0 Å². The van der Waals surface area contributed by atoms with Crippen molar-refractivity contribution in [3.63, 3.8) is 0 Å². The third kappa shape index (κ3) is 10.2. The van der Waals surface area contributed by atoms with E-state index < -0.39 is 0 Å². The number of hydrogen-bond donors (Lipinski definition) is 0. The SMILES string of the molecule is CCCCCCC(=O)OC(CC)CC.P. The summed E-state index contributed by atoms with van der Waals surface area (Å²) in [6.45, 7) is 6.28. The molecule has 15 heavy (non-hydrogen) atoms. The van der Waals surface area contributed by atoms with Crippen molar-refractivity contribution in [1.82, 2.24) is 0 Å². The van der Waals surface area contributed by atoms with Crippen LogP contribution in [0.4, 0.5) is 0 Å². The van der Waals surface area contributed by atoms with E-state index in [4.69, 9.17) is 4.74 Å². The molecule has 0 saturated carbocycles. The van der Waals surface area contributed by atoms with Gasteiger partial charge in [-0.2, -0.15) is 9.90 Å². The zero-order valence-electron chi connectivity index (χ0n) is 10.6. The summed E-state index contributed by atoms with van der Waals surface area (Å²) in [4.78, 5) is 11.3. The van der Waals surface area contributed by atoms with E-state index in [1.54, 1.807) is 0 Å². The summed E-state index contributed by atoms with van der Waals surface area (Å²) in [6.07, 6.45) is 7.14. The molecule has 0 bridgehead atoms. The van der Waals surface area contributed by atoms with Gasteiger partial charge in [-0.1, -0.05) is 40.0 Å². The number of rotatable bonds is 8. The molecule has 1 unspecified atom stereocenters. The van der Waals surface area contributed by atoms with Gasteiger partial charge in [0.05, 0.1) is 0 Å². The fourth-order valence-electron chi connectivity index (χ4n) is 1.40. The molecule has 0 aromatic rings. The molecule has 1 atom stereocenters. The largest absolute Gasteiger partial charge is 0.462 e. The molecule has 0 rings (SSSR count). The second-order valence-electron chi connectivity index (χ2n) is 3.74. The maximum atomic E-state index is 11.3. The van der Waals surface area contributed by atoms with Crippen molar-refractivity contribution < 1.29 is 9.53 Å². The third-order valence-electron chi connectivity index (χ3n) is 2.44. The number of unbranched alkanes of at least 4 members (excludes halogenated alkanes) is 3. The zero-order chi connectivity index (χ0) is 10.8. The molecule has 3 heteroatoms. The summed E-state index contributed by atoms with van der Waals surface area (Å²) in [5.41, 5.74) is 0. The van der Waals surface area contributed by atoms with Gasteiger partial charge in [-0.25, -0.2) is 0 Å². The topological polar surface area (TPSA) is 26.3 Å². The molecule has 0 saturated heterocycles. The van der Waals surface area contributed by atoms with Gasteiger partial charge in [-0.05, 0) is 19.3 Å². The lowest BCUT2D eigenvalue weighted by atomic mass is 10.1. The Kier molecular flexibility index (Phi) is 13.8. The molecule has 2 nitrogen and oxygen atoms in total. The predicted octanol–water partition coefficient (Wildman–Crippen LogP) is 3.75. The summed E-state index contributed by atoms with van der Waals surface area (Å²) in [7, 11) is 0. The number of carbonyl (C=O) groups excluding carboxylic acids is 1. The van der Waals surface area contributed by atoms with Crippen molar-refractivity contribution in [2.45, 2.75) is 71.8 Å². The summed E-state index contributed by atoms with van der Waals surface area (Å²) in [5.74, 6) is -0.0187. The highest BCUT2D eigenvalue weighted by atomic mass is 31.0. The van der Waals surface area contributed by atoms with Gasteiger partial charge >= 0.3 is 5.97 Å². The van der Waals surface area contributed by atoms with Crippen molar-refractivity contribution in [3.05, 3.63) is 0 Å². The van der Waals surface area contributed by atoms with E-state index in [9.17, 15) is 4.79 Å². The molecule has 92 valence electrons. The van der Waals surface area contributed by atoms with Crippen LogP contribution in [0.3, 0.4) is 0 Å². The molecule has 0 amide bonds. The molecule has 0 aromatic carbocycles. The fraction of sp³-hybridized carbons (Fsp3) is 0.917. The fourth-order valence-corrected chi connectivity index (χ4v) is 1.40. The Bertz CT molecular complexity index is 145. The van der Waals surface area contributed by atoms with Gasteiger partial charge in [0.1, 0.15) is 6.10 Å². The van der Waals surface area contributed by atoms with Gasteiger partial charge in [-0.3, -0.25) is 4.79 Å². The average Bonchev–Trinajstić information content (AvgIpc) is 2.21. The maximum absolute atomic E-state index is 11.3. The number of hydrogen-bond acceptors (Lipinski definition) is 2. The van der Waals surface area contributed by atoms with Crippen LogP contribution >= 0.6 is 9.90 Å². The molecule has 0 aliphatic rings. The van der Waals surface area contributed by atoms with Crippen LogP contribution in [0.15, 0.2) is 0 Å². The smallest absolute Gasteiger partial charge is 0.306 e. The summed E-state index contributed by atoms with van der Waals surface area (Å²) in [5, 5.41) is 0. The molecule has 0 aromatic heterocycles. The quantitative estimate of drug-likeness (QED) is 0.363. The lowest BCUT2D eigenvalue weighted by Gasteiger charge is -2.13. The van der Waals surface area contributed by atoms with E-state index in [-0.39, 0.29) is 22.0 Å². The van der Waals surface area contributed by atoms with Crippen LogP contribution in [-0.4, -0.2) is 12.1 Å². The van der Waals surface area contributed by atoms with Crippen LogP contribution in [0, 0.1) is 0 Å². The minimum absolute atomic E-state index is 0. The molecule has 0 aliphatic carbocycles. The van der Waals surface area contributed by atoms with Crippen LogP contribution in [-0.2, 0) is 9.53 Å². The second-order valence-corrected chi connectivity index (χ2v) is 3.74. The monoisotopic (exact) mass is 234 g/mol. The Morgan fingerprint density at radius 2 is 1.67 bits per heavy atom. The minimum atomic E-state index is -0.0187. The summed E-state index contributed by atoms with van der Waals surface area (Å²) >= 11 is 0. The van der Waals surface area contributed by atoms with E-state index in [2.05, 4.69) is 20.8 Å². The Morgan fingerprint density at radius 1 is 1.07 bits per heavy atom. The standard InChI is InChI=1S/C12H24O2.H3P/c1-4-7-8-9-10-12(13)14-11(5-2)6-3;/h11H,4-10H2,1-3H3;1H3. The third-order valence-corrected chi connectivity index (χ3v) is 2.44. The zero-order valence-corrected chi connectivity index (χ0v) is 12.0. The maximum Gasteiger partial charge on any atom is 0.306 e. The van der Waals surface area contributed by atoms with Crippen molar-refractivity contribution >= 4 is 15.9 Å². The average molecular weight is 234 g/mol. The van der Waals surface area contributed by atoms with Gasteiger partial charge in [-0.15, -0.1) is 0 Å². The van der Waals surface area contributed by atoms with Crippen LogP contribution in [0.25, 0.3) is 0 Å². The first kappa shape index (κ1) is 17.3. The summed E-state index contributed by atoms with van der Waals surface area (Å²) in [6, 6.07) is 0. The molecular weight excluding hydrogens is 207 g/mol. The first-order valence-electron chi connectivity index (χ1n) is 5.94. The van der Waals surface area contributed by atoms with Crippen LogP contribution in [0.5, 0.6) is 0 Å². The molecule has 0 fully saturated rings. The van der Waals surface area contributed by atoms with Gasteiger partial charge in [0.15, 0.2) is 0 Å². The van der Waals surface area contributed by atoms with Gasteiger partial charge < -0.3 is 4.74 Å². The molecular formula is C12H27O2P. The highest BCUT2D eigenvalue weighted by Gasteiger charge is 2.09. The van der Waals surface area contributed by atoms with E-state index in [0.29, 0.717) is 6.42 Å². The molecule has 0 radical (unpaired) electrons. The predicted molar refractivity (Wildman–Crippen MR) is 70.3 cm³/mol. The van der Waals surface area contributed by atoms with Crippen molar-refractivity contribution in [3.8, 4) is 0 Å². The van der Waals surface area contributed by atoms with Crippen LogP contribution in [0.1, 0.15) is 65.7 Å². The second kappa shape index (κ2) is 12.0. The highest BCUT2D eigenvalue weighted by molar-refractivity contribution is 6.92. The van der Waals surface area contributed by atoms with E-state index in [0.717, 1.165) is 25.7 Å². The Hall–Kier alpha value is -0.100. The molecule has 0 heterocycles. The normalized spacial score (nSPS) is 9.87. The number of ether oxygens (including phenoxy) is 1. The van der Waals surface area contributed by atoms with E-state index >= 15 is 0 Å². The van der Waals surface area contributed by atoms with Crippen molar-refractivity contribution in [2.24, 2.45) is 0 Å². The van der Waals surface area contributed by atoms with E-state index in [1.165, 1.54) is 12.8 Å². The van der Waals surface area contributed by atoms with Crippen LogP contribution in [0.2, 0.25) is 0 Å². The summed E-state index contributed by atoms with van der Waals surface area (Å²) < 4.78 is 5.29. The lowest BCUT2D eigenvalue weighted by Crippen LogP contribution is -2.16. The Balaban J connectivity index is 0. The molecule has 0 spiro atoms. The minimum Gasteiger partial charge on any atom is -0.462 e. The van der Waals surface area contributed by atoms with Gasteiger partial charge in [0, 0.05) is 6.42 Å². The van der Waals surface area contributed by atoms with Crippen LogP contribution < -0.4 is 0 Å².